The van der Waals surface area contributed by atoms with Gasteiger partial charge in [0.2, 0.25) is 0 Å². The standard InChI is InChI=1S/C14H36N4P.BrH.ClH/c1-9-11-13-18(14-12-10-2)19(15(3)4,16(5)6)17(7)8;;/h9-14H2,1-8H3;2*1H/q+1;;. The van der Waals surface area contributed by atoms with Crippen molar-refractivity contribution in [3.63, 3.8) is 0 Å². The van der Waals surface area contributed by atoms with Crippen molar-refractivity contribution in [2.45, 2.75) is 39.5 Å². The van der Waals surface area contributed by atoms with Crippen LogP contribution in [0, 0.1) is 0 Å². The van der Waals surface area contributed by atoms with Crippen LogP contribution in [0.3, 0.4) is 0 Å². The minimum atomic E-state index is -1.55. The Labute approximate surface area is 150 Å². The van der Waals surface area contributed by atoms with E-state index in [-0.39, 0.29) is 29.4 Å². The van der Waals surface area contributed by atoms with Gasteiger partial charge in [-0.05, 0) is 12.8 Å². The lowest BCUT2D eigenvalue weighted by molar-refractivity contribution is 0.315. The lowest BCUT2D eigenvalue weighted by Gasteiger charge is -2.45. The largest absolute Gasteiger partial charge is 0.307 e. The van der Waals surface area contributed by atoms with Crippen molar-refractivity contribution < 1.29 is 0 Å². The molecule has 0 spiro atoms. The molecule has 0 heterocycles. The Balaban J connectivity index is -0.00000162. The second-order valence-corrected chi connectivity index (χ2v) is 9.78. The molecule has 0 N–H and O–H groups in total. The van der Waals surface area contributed by atoms with Crippen LogP contribution in [-0.2, 0) is 0 Å². The molecule has 132 valence electrons. The van der Waals surface area contributed by atoms with Gasteiger partial charge < -0.3 is 0 Å². The van der Waals surface area contributed by atoms with Gasteiger partial charge in [0, 0.05) is 55.4 Å². The smallest absolute Gasteiger partial charge is 0.147 e. The number of unbranched alkanes of at least 4 members (excludes halogenated alkanes) is 2. The highest BCUT2D eigenvalue weighted by Crippen LogP contribution is 2.66. The van der Waals surface area contributed by atoms with Gasteiger partial charge in [0.05, 0.1) is 0 Å². The summed E-state index contributed by atoms with van der Waals surface area (Å²) in [6.45, 7) is 6.94. The second-order valence-electron chi connectivity index (χ2n) is 5.74. The first-order valence-corrected chi connectivity index (χ1v) is 9.13. The number of nitrogens with zero attached hydrogens (tertiary/aromatic N) is 4. The van der Waals surface area contributed by atoms with Crippen LogP contribution in [0.1, 0.15) is 39.5 Å². The maximum Gasteiger partial charge on any atom is 0.307 e. The third-order valence-electron chi connectivity index (χ3n) is 3.53. The molecule has 0 unspecified atom stereocenters. The molecule has 0 rings (SSSR count). The van der Waals surface area contributed by atoms with Gasteiger partial charge in [-0.15, -0.1) is 48.1 Å². The second kappa shape index (κ2) is 13.5. The maximum atomic E-state index is 2.72. The van der Waals surface area contributed by atoms with Crippen LogP contribution in [0.25, 0.3) is 0 Å². The molecular formula is C14H38BrClN4P+. The summed E-state index contributed by atoms with van der Waals surface area (Å²) >= 11 is 0. The fourth-order valence-electron chi connectivity index (χ4n) is 2.89. The van der Waals surface area contributed by atoms with Crippen molar-refractivity contribution in [2.24, 2.45) is 0 Å². The Morgan fingerprint density at radius 2 is 0.952 bits per heavy atom. The summed E-state index contributed by atoms with van der Waals surface area (Å²) in [6.07, 6.45) is 5.08. The van der Waals surface area contributed by atoms with E-state index in [4.69, 9.17) is 0 Å². The summed E-state index contributed by atoms with van der Waals surface area (Å²) in [4.78, 5) is 0. The Morgan fingerprint density at radius 3 is 1.14 bits per heavy atom. The van der Waals surface area contributed by atoms with E-state index in [0.717, 1.165) is 0 Å². The number of halogens is 2. The molecule has 0 aromatic rings. The van der Waals surface area contributed by atoms with Gasteiger partial charge in [-0.25, -0.2) is 0 Å². The number of hydrogen-bond donors (Lipinski definition) is 0. The summed E-state index contributed by atoms with van der Waals surface area (Å²) in [7, 11) is 11.8. The van der Waals surface area contributed by atoms with Gasteiger partial charge in [0.15, 0.2) is 0 Å². The highest BCUT2D eigenvalue weighted by Gasteiger charge is 2.53. The normalized spacial score (nSPS) is 12.0. The topological polar surface area (TPSA) is 13.0 Å². The zero-order valence-electron chi connectivity index (χ0n) is 15.3. The van der Waals surface area contributed by atoms with E-state index in [0.29, 0.717) is 0 Å². The van der Waals surface area contributed by atoms with E-state index in [1.807, 2.05) is 0 Å². The molecule has 0 bridgehead atoms. The maximum absolute atomic E-state index is 2.72. The van der Waals surface area contributed by atoms with E-state index in [1.165, 1.54) is 38.8 Å². The van der Waals surface area contributed by atoms with Crippen LogP contribution in [0.4, 0.5) is 0 Å². The van der Waals surface area contributed by atoms with Crippen molar-refractivity contribution in [3.05, 3.63) is 0 Å². The van der Waals surface area contributed by atoms with Gasteiger partial charge in [-0.2, -0.15) is 0 Å². The van der Waals surface area contributed by atoms with Gasteiger partial charge in [-0.1, -0.05) is 26.7 Å². The predicted octanol–water partition coefficient (Wildman–Crippen LogP) is 4.25. The first kappa shape index (κ1) is 26.9. The van der Waals surface area contributed by atoms with E-state index in [2.05, 4.69) is 74.8 Å². The van der Waals surface area contributed by atoms with Crippen molar-refractivity contribution in [3.8, 4) is 0 Å². The van der Waals surface area contributed by atoms with Crippen molar-refractivity contribution in [1.29, 1.82) is 0 Å². The molecule has 0 saturated heterocycles. The van der Waals surface area contributed by atoms with Crippen molar-refractivity contribution in [2.75, 3.05) is 55.4 Å². The third-order valence-corrected chi connectivity index (χ3v) is 7.91. The summed E-state index contributed by atoms with van der Waals surface area (Å²) in [5.74, 6) is 0. The zero-order valence-corrected chi connectivity index (χ0v) is 18.7. The molecule has 0 aromatic heterocycles. The van der Waals surface area contributed by atoms with E-state index in [9.17, 15) is 0 Å². The minimum absolute atomic E-state index is 0. The van der Waals surface area contributed by atoms with Crippen LogP contribution in [-0.4, -0.2) is 74.1 Å². The molecular weight excluding hydrogens is 371 g/mol. The summed E-state index contributed by atoms with van der Waals surface area (Å²) in [6, 6.07) is 0. The first-order chi connectivity index (χ1) is 8.85. The molecule has 0 saturated carbocycles. The van der Waals surface area contributed by atoms with Crippen molar-refractivity contribution in [1.82, 2.24) is 18.7 Å². The van der Waals surface area contributed by atoms with E-state index < -0.39 is 7.87 Å². The summed E-state index contributed by atoms with van der Waals surface area (Å²) < 4.78 is 10.0. The first-order valence-electron chi connectivity index (χ1n) is 7.53. The fourth-order valence-corrected chi connectivity index (χ4v) is 7.38. The molecule has 7 heteroatoms. The lowest BCUT2D eigenvalue weighted by atomic mass is 10.3. The summed E-state index contributed by atoms with van der Waals surface area (Å²) in [5, 5.41) is 0. The Morgan fingerprint density at radius 1 is 0.667 bits per heavy atom. The van der Waals surface area contributed by atoms with Crippen molar-refractivity contribution >= 4 is 37.3 Å². The molecule has 0 aromatic carbocycles. The quantitative estimate of drug-likeness (QED) is 0.501. The molecule has 0 aliphatic carbocycles. The molecule has 0 atom stereocenters. The van der Waals surface area contributed by atoms with Gasteiger partial charge >= 0.3 is 7.87 Å². The van der Waals surface area contributed by atoms with Gasteiger partial charge in [0.25, 0.3) is 0 Å². The molecule has 4 nitrogen and oxygen atoms in total. The molecule has 21 heavy (non-hydrogen) atoms. The minimum Gasteiger partial charge on any atom is -0.147 e. The van der Waals surface area contributed by atoms with E-state index in [1.54, 1.807) is 0 Å². The molecule has 0 fully saturated rings. The van der Waals surface area contributed by atoms with Crippen LogP contribution >= 0.6 is 37.3 Å². The third kappa shape index (κ3) is 6.99. The lowest BCUT2D eigenvalue weighted by Crippen LogP contribution is -2.47. The molecule has 0 aliphatic heterocycles. The highest BCUT2D eigenvalue weighted by atomic mass is 79.9. The predicted molar refractivity (Wildman–Crippen MR) is 107 cm³/mol. The SMILES string of the molecule is Br.CCCCN(CCCC)[P+](N(C)C)(N(C)C)N(C)C.Cl. The highest BCUT2D eigenvalue weighted by molar-refractivity contribution is 8.93. The monoisotopic (exact) mass is 407 g/mol. The molecule has 0 radical (unpaired) electrons. The van der Waals surface area contributed by atoms with Crippen LogP contribution in [0.15, 0.2) is 0 Å². The van der Waals surface area contributed by atoms with E-state index >= 15 is 0 Å². The van der Waals surface area contributed by atoms with Crippen LogP contribution in [0.2, 0.25) is 0 Å². The molecule has 0 aliphatic rings. The van der Waals surface area contributed by atoms with Gasteiger partial charge in [-0.3, -0.25) is 0 Å². The van der Waals surface area contributed by atoms with Crippen LogP contribution < -0.4 is 0 Å². The Hall–Kier alpha value is 1.04. The Bertz CT molecular complexity index is 213. The Kier molecular flexibility index (Phi) is 17.3. The number of hydrogen-bond acceptors (Lipinski definition) is 4. The average Bonchev–Trinajstić information content (AvgIpc) is 2.31. The molecule has 0 amide bonds. The fraction of sp³-hybridized carbons (Fsp3) is 1.00. The summed E-state index contributed by atoms with van der Waals surface area (Å²) in [5.41, 5.74) is 0. The zero-order chi connectivity index (χ0) is 15.1. The van der Waals surface area contributed by atoms with Gasteiger partial charge in [0.1, 0.15) is 0 Å². The van der Waals surface area contributed by atoms with Crippen LogP contribution in [0.5, 0.6) is 0 Å². The number of rotatable bonds is 10. The average molecular weight is 409 g/mol.